The van der Waals surface area contributed by atoms with Crippen molar-refractivity contribution in [3.63, 3.8) is 0 Å². The summed E-state index contributed by atoms with van der Waals surface area (Å²) in [6.07, 6.45) is 0.0901. The fourth-order valence-corrected chi connectivity index (χ4v) is 2.23. The lowest BCUT2D eigenvalue weighted by molar-refractivity contribution is 0.0505. The standard InChI is InChI=1S/C16H24N2O4/c1-16(2,3)22-15(19)18-12(10-17)9-11-5-4-6-13-14(11)21-8-7-20-13/h4-6,12H,7-10,17H2,1-3H3,(H,18,19). The Hall–Kier alpha value is -1.95. The van der Waals surface area contributed by atoms with Crippen molar-refractivity contribution in [3.8, 4) is 11.5 Å². The maximum absolute atomic E-state index is 11.9. The molecule has 1 aliphatic heterocycles. The summed E-state index contributed by atoms with van der Waals surface area (Å²) in [7, 11) is 0. The van der Waals surface area contributed by atoms with E-state index < -0.39 is 11.7 Å². The molecule has 1 aromatic carbocycles. The Balaban J connectivity index is 2.03. The predicted molar refractivity (Wildman–Crippen MR) is 83.3 cm³/mol. The zero-order valence-electron chi connectivity index (χ0n) is 13.3. The molecule has 1 unspecified atom stereocenters. The monoisotopic (exact) mass is 308 g/mol. The number of benzene rings is 1. The van der Waals surface area contributed by atoms with Gasteiger partial charge in [-0.05, 0) is 33.3 Å². The maximum atomic E-state index is 11.9. The summed E-state index contributed by atoms with van der Waals surface area (Å²) in [5.74, 6) is 1.47. The summed E-state index contributed by atoms with van der Waals surface area (Å²) < 4.78 is 16.5. The van der Waals surface area contributed by atoms with Gasteiger partial charge in [0, 0.05) is 18.2 Å². The van der Waals surface area contributed by atoms with Crippen LogP contribution >= 0.6 is 0 Å². The highest BCUT2D eigenvalue weighted by atomic mass is 16.6. The van der Waals surface area contributed by atoms with Crippen molar-refractivity contribution in [3.05, 3.63) is 23.8 Å². The van der Waals surface area contributed by atoms with E-state index in [2.05, 4.69) is 5.32 Å². The van der Waals surface area contributed by atoms with Crippen molar-refractivity contribution in [2.75, 3.05) is 19.8 Å². The quantitative estimate of drug-likeness (QED) is 0.887. The topological polar surface area (TPSA) is 82.8 Å². The van der Waals surface area contributed by atoms with Gasteiger partial charge < -0.3 is 25.3 Å². The second kappa shape index (κ2) is 6.87. The maximum Gasteiger partial charge on any atom is 0.407 e. The number of alkyl carbamates (subject to hydrolysis) is 1. The minimum absolute atomic E-state index is 0.230. The zero-order chi connectivity index (χ0) is 16.2. The van der Waals surface area contributed by atoms with Gasteiger partial charge in [-0.3, -0.25) is 0 Å². The molecule has 2 rings (SSSR count). The Morgan fingerprint density at radius 1 is 1.36 bits per heavy atom. The fourth-order valence-electron chi connectivity index (χ4n) is 2.23. The van der Waals surface area contributed by atoms with Crippen LogP contribution in [0, 0.1) is 0 Å². The van der Waals surface area contributed by atoms with Crippen molar-refractivity contribution in [1.29, 1.82) is 0 Å². The van der Waals surface area contributed by atoms with Crippen LogP contribution in [0.1, 0.15) is 26.3 Å². The van der Waals surface area contributed by atoms with E-state index in [0.717, 1.165) is 17.1 Å². The fraction of sp³-hybridized carbons (Fsp3) is 0.562. The van der Waals surface area contributed by atoms with Crippen LogP contribution in [0.2, 0.25) is 0 Å². The van der Waals surface area contributed by atoms with Crippen molar-refractivity contribution in [2.45, 2.75) is 38.8 Å². The van der Waals surface area contributed by atoms with Crippen LogP contribution in [-0.4, -0.2) is 37.5 Å². The van der Waals surface area contributed by atoms with Crippen molar-refractivity contribution in [2.24, 2.45) is 5.73 Å². The molecule has 6 nitrogen and oxygen atoms in total. The van der Waals surface area contributed by atoms with E-state index in [1.165, 1.54) is 0 Å². The van der Waals surface area contributed by atoms with Crippen LogP contribution in [0.25, 0.3) is 0 Å². The lowest BCUT2D eigenvalue weighted by atomic mass is 10.0. The second-order valence-corrected chi connectivity index (χ2v) is 6.22. The van der Waals surface area contributed by atoms with Gasteiger partial charge in [0.05, 0.1) is 0 Å². The van der Waals surface area contributed by atoms with Gasteiger partial charge in [0.15, 0.2) is 11.5 Å². The summed E-state index contributed by atoms with van der Waals surface area (Å²) in [4.78, 5) is 11.9. The molecular weight excluding hydrogens is 284 g/mol. The highest BCUT2D eigenvalue weighted by Gasteiger charge is 2.22. The van der Waals surface area contributed by atoms with E-state index in [1.807, 2.05) is 39.0 Å². The smallest absolute Gasteiger partial charge is 0.407 e. The zero-order valence-corrected chi connectivity index (χ0v) is 13.3. The normalized spacial score (nSPS) is 15.1. The SMILES string of the molecule is CC(C)(C)OC(=O)NC(CN)Cc1cccc2c1OCCO2. The molecule has 0 saturated carbocycles. The molecule has 0 bridgehead atoms. The van der Waals surface area contributed by atoms with E-state index in [0.29, 0.717) is 26.2 Å². The number of nitrogens with one attached hydrogen (secondary N) is 1. The number of fused-ring (bicyclic) bond motifs is 1. The Kier molecular flexibility index (Phi) is 5.13. The number of carbonyl (C=O) groups is 1. The first kappa shape index (κ1) is 16.4. The van der Waals surface area contributed by atoms with Gasteiger partial charge in [0.2, 0.25) is 0 Å². The van der Waals surface area contributed by atoms with Crippen LogP contribution in [-0.2, 0) is 11.2 Å². The molecule has 6 heteroatoms. The average molecular weight is 308 g/mol. The molecule has 22 heavy (non-hydrogen) atoms. The van der Waals surface area contributed by atoms with Gasteiger partial charge in [-0.1, -0.05) is 12.1 Å². The van der Waals surface area contributed by atoms with Gasteiger partial charge >= 0.3 is 6.09 Å². The first-order chi connectivity index (χ1) is 10.4. The number of carbonyl (C=O) groups excluding carboxylic acids is 1. The van der Waals surface area contributed by atoms with Crippen LogP contribution in [0.5, 0.6) is 11.5 Å². The molecule has 1 amide bonds. The molecule has 1 aliphatic rings. The largest absolute Gasteiger partial charge is 0.486 e. The van der Waals surface area contributed by atoms with Crippen LogP contribution in [0.3, 0.4) is 0 Å². The number of amides is 1. The highest BCUT2D eigenvalue weighted by Crippen LogP contribution is 2.34. The van der Waals surface area contributed by atoms with Crippen LogP contribution in [0.15, 0.2) is 18.2 Å². The minimum Gasteiger partial charge on any atom is -0.486 e. The predicted octanol–water partition coefficient (Wildman–Crippen LogP) is 1.85. The van der Waals surface area contributed by atoms with E-state index in [4.69, 9.17) is 19.9 Å². The first-order valence-electron chi connectivity index (χ1n) is 7.46. The molecule has 0 spiro atoms. The van der Waals surface area contributed by atoms with Gasteiger partial charge in [0.25, 0.3) is 0 Å². The Morgan fingerprint density at radius 3 is 2.77 bits per heavy atom. The van der Waals surface area contributed by atoms with Crippen molar-refractivity contribution >= 4 is 6.09 Å². The highest BCUT2D eigenvalue weighted by molar-refractivity contribution is 5.68. The van der Waals surface area contributed by atoms with Gasteiger partial charge in [0.1, 0.15) is 18.8 Å². The Bertz CT molecular complexity index is 525. The van der Waals surface area contributed by atoms with Gasteiger partial charge in [-0.2, -0.15) is 0 Å². The summed E-state index contributed by atoms with van der Waals surface area (Å²) >= 11 is 0. The van der Waals surface area contributed by atoms with E-state index in [-0.39, 0.29) is 6.04 Å². The summed E-state index contributed by atoms with van der Waals surface area (Å²) in [5.41, 5.74) is 6.19. The number of rotatable bonds is 4. The van der Waals surface area contributed by atoms with Crippen LogP contribution < -0.4 is 20.5 Å². The molecule has 0 aromatic heterocycles. The van der Waals surface area contributed by atoms with Gasteiger partial charge in [-0.25, -0.2) is 4.79 Å². The molecule has 0 fully saturated rings. The molecule has 0 radical (unpaired) electrons. The lowest BCUT2D eigenvalue weighted by Gasteiger charge is -2.25. The molecule has 1 atom stereocenters. The number of para-hydroxylation sites is 1. The van der Waals surface area contributed by atoms with E-state index in [9.17, 15) is 4.79 Å². The number of hydrogen-bond donors (Lipinski definition) is 2. The molecule has 0 aliphatic carbocycles. The third kappa shape index (κ3) is 4.53. The van der Waals surface area contributed by atoms with Crippen molar-refractivity contribution < 1.29 is 19.0 Å². The van der Waals surface area contributed by atoms with Gasteiger partial charge in [-0.15, -0.1) is 0 Å². The number of nitrogens with two attached hydrogens (primary N) is 1. The third-order valence-electron chi connectivity index (χ3n) is 3.12. The van der Waals surface area contributed by atoms with E-state index >= 15 is 0 Å². The Labute approximate surface area is 130 Å². The molecule has 1 aromatic rings. The summed E-state index contributed by atoms with van der Waals surface area (Å²) in [5, 5.41) is 2.80. The molecule has 1 heterocycles. The van der Waals surface area contributed by atoms with Crippen LogP contribution in [0.4, 0.5) is 4.79 Å². The Morgan fingerprint density at radius 2 is 2.09 bits per heavy atom. The first-order valence-corrected chi connectivity index (χ1v) is 7.46. The number of ether oxygens (including phenoxy) is 3. The summed E-state index contributed by atoms with van der Waals surface area (Å²) in [6, 6.07) is 5.50. The minimum atomic E-state index is -0.536. The molecular formula is C16H24N2O4. The summed E-state index contributed by atoms with van der Waals surface area (Å²) in [6.45, 7) is 6.85. The molecule has 3 N–H and O–H groups in total. The lowest BCUT2D eigenvalue weighted by Crippen LogP contribution is -2.44. The number of hydrogen-bond acceptors (Lipinski definition) is 5. The average Bonchev–Trinajstić information content (AvgIpc) is 2.45. The molecule has 0 saturated heterocycles. The van der Waals surface area contributed by atoms with E-state index in [1.54, 1.807) is 0 Å². The second-order valence-electron chi connectivity index (χ2n) is 6.22. The van der Waals surface area contributed by atoms with Crippen molar-refractivity contribution in [1.82, 2.24) is 5.32 Å². The third-order valence-corrected chi connectivity index (χ3v) is 3.12. The molecule has 122 valence electrons.